The molecular weight excluding hydrogens is 256 g/mol. The van der Waals surface area contributed by atoms with Gasteiger partial charge >= 0.3 is 0 Å². The van der Waals surface area contributed by atoms with Crippen LogP contribution in [-0.2, 0) is 0 Å². The topological polar surface area (TPSA) is 82.1 Å². The van der Waals surface area contributed by atoms with Crippen LogP contribution in [0.3, 0.4) is 0 Å². The summed E-state index contributed by atoms with van der Waals surface area (Å²) in [6.45, 7) is 2.19. The van der Waals surface area contributed by atoms with Gasteiger partial charge in [0.15, 0.2) is 11.6 Å². The van der Waals surface area contributed by atoms with Crippen molar-refractivity contribution in [1.29, 1.82) is 0 Å². The highest BCUT2D eigenvalue weighted by Crippen LogP contribution is 2.26. The lowest BCUT2D eigenvalue weighted by molar-refractivity contribution is 0.212. The molecule has 1 saturated heterocycles. The van der Waals surface area contributed by atoms with E-state index in [9.17, 15) is 0 Å². The van der Waals surface area contributed by atoms with E-state index >= 15 is 0 Å². The van der Waals surface area contributed by atoms with Gasteiger partial charge in [0.2, 0.25) is 0 Å². The number of anilines is 1. The Morgan fingerprint density at radius 2 is 2.00 bits per heavy atom. The van der Waals surface area contributed by atoms with Gasteiger partial charge in [-0.2, -0.15) is 5.10 Å². The fraction of sp³-hybridized carbons (Fsp3) is 0.462. The maximum Gasteiger partial charge on any atom is 0.262 e. The van der Waals surface area contributed by atoms with Crippen molar-refractivity contribution in [3.05, 3.63) is 24.8 Å². The summed E-state index contributed by atoms with van der Waals surface area (Å²) in [6, 6.07) is 0.433. The smallest absolute Gasteiger partial charge is 0.262 e. The molecule has 0 aromatic carbocycles. The van der Waals surface area contributed by atoms with Gasteiger partial charge in [0, 0.05) is 12.4 Å². The number of piperidine rings is 1. The molecule has 0 unspecified atom stereocenters. The Balaban J connectivity index is 1.69. The molecule has 2 aromatic rings. The van der Waals surface area contributed by atoms with Gasteiger partial charge in [0.1, 0.15) is 0 Å². The highest BCUT2D eigenvalue weighted by molar-refractivity contribution is 5.41. The molecule has 3 rings (SSSR count). The Morgan fingerprint density at radius 1 is 1.25 bits per heavy atom. The zero-order valence-corrected chi connectivity index (χ0v) is 11.4. The Kier molecular flexibility index (Phi) is 3.51. The number of nitrogens with zero attached hydrogens (tertiary/aromatic N) is 5. The molecule has 1 aliphatic rings. The SMILES string of the molecule is CN1CCC(n2cc(Oc3nccnc3N)cn2)CC1. The van der Waals surface area contributed by atoms with E-state index in [-0.39, 0.29) is 5.82 Å². The van der Waals surface area contributed by atoms with Crippen LogP contribution in [0.1, 0.15) is 18.9 Å². The first kappa shape index (κ1) is 12.9. The van der Waals surface area contributed by atoms with E-state index in [1.807, 2.05) is 10.9 Å². The number of hydrogen-bond donors (Lipinski definition) is 1. The average molecular weight is 274 g/mol. The molecule has 1 aliphatic heterocycles. The fourth-order valence-electron chi connectivity index (χ4n) is 2.36. The molecule has 0 atom stereocenters. The van der Waals surface area contributed by atoms with Crippen molar-refractivity contribution in [3.8, 4) is 11.6 Å². The van der Waals surface area contributed by atoms with Gasteiger partial charge < -0.3 is 15.4 Å². The van der Waals surface area contributed by atoms with E-state index in [0.717, 1.165) is 25.9 Å². The van der Waals surface area contributed by atoms with E-state index in [2.05, 4.69) is 27.0 Å². The summed E-state index contributed by atoms with van der Waals surface area (Å²) < 4.78 is 7.58. The lowest BCUT2D eigenvalue weighted by atomic mass is 10.1. The minimum atomic E-state index is 0.277. The summed E-state index contributed by atoms with van der Waals surface area (Å²) in [4.78, 5) is 10.3. The Labute approximate surface area is 117 Å². The molecule has 7 heteroatoms. The minimum Gasteiger partial charge on any atom is -0.433 e. The lowest BCUT2D eigenvalue weighted by Crippen LogP contribution is -2.31. The predicted molar refractivity (Wildman–Crippen MR) is 74.5 cm³/mol. The first-order valence-electron chi connectivity index (χ1n) is 6.69. The highest BCUT2D eigenvalue weighted by Gasteiger charge is 2.19. The van der Waals surface area contributed by atoms with Crippen molar-refractivity contribution in [1.82, 2.24) is 24.6 Å². The number of ether oxygens (including phenoxy) is 1. The van der Waals surface area contributed by atoms with Gasteiger partial charge in [-0.05, 0) is 33.0 Å². The van der Waals surface area contributed by atoms with Gasteiger partial charge in [-0.3, -0.25) is 4.68 Å². The molecule has 2 aromatic heterocycles. The largest absolute Gasteiger partial charge is 0.433 e. The van der Waals surface area contributed by atoms with E-state index in [4.69, 9.17) is 10.5 Å². The van der Waals surface area contributed by atoms with Crippen molar-refractivity contribution in [3.63, 3.8) is 0 Å². The summed E-state index contributed by atoms with van der Waals surface area (Å²) >= 11 is 0. The molecule has 2 N–H and O–H groups in total. The molecule has 3 heterocycles. The van der Waals surface area contributed by atoms with E-state index in [1.54, 1.807) is 12.4 Å². The summed E-state index contributed by atoms with van der Waals surface area (Å²) in [5, 5.41) is 4.37. The molecule has 0 aliphatic carbocycles. The van der Waals surface area contributed by atoms with Crippen LogP contribution in [0.25, 0.3) is 0 Å². The predicted octanol–water partition coefficient (Wildman–Crippen LogP) is 1.31. The Morgan fingerprint density at radius 3 is 2.75 bits per heavy atom. The summed E-state index contributed by atoms with van der Waals surface area (Å²) in [6.07, 6.45) is 8.86. The summed E-state index contributed by atoms with van der Waals surface area (Å²) in [5.41, 5.74) is 5.70. The second-order valence-electron chi connectivity index (χ2n) is 5.04. The zero-order valence-electron chi connectivity index (χ0n) is 11.4. The van der Waals surface area contributed by atoms with Crippen LogP contribution < -0.4 is 10.5 Å². The van der Waals surface area contributed by atoms with Crippen LogP contribution in [0.4, 0.5) is 5.82 Å². The quantitative estimate of drug-likeness (QED) is 0.908. The van der Waals surface area contributed by atoms with Crippen molar-refractivity contribution in [2.45, 2.75) is 18.9 Å². The first-order chi connectivity index (χ1) is 9.72. The number of likely N-dealkylation sites (tertiary alicyclic amines) is 1. The molecule has 0 amide bonds. The average Bonchev–Trinajstić information content (AvgIpc) is 2.91. The van der Waals surface area contributed by atoms with Crippen LogP contribution in [0.15, 0.2) is 24.8 Å². The van der Waals surface area contributed by atoms with E-state index in [1.165, 1.54) is 6.20 Å². The van der Waals surface area contributed by atoms with Crippen molar-refractivity contribution in [2.75, 3.05) is 25.9 Å². The monoisotopic (exact) mass is 274 g/mol. The molecule has 7 nitrogen and oxygen atoms in total. The van der Waals surface area contributed by atoms with Gasteiger partial charge in [0.05, 0.1) is 18.4 Å². The van der Waals surface area contributed by atoms with Crippen LogP contribution in [0.5, 0.6) is 11.6 Å². The summed E-state index contributed by atoms with van der Waals surface area (Å²) in [5.74, 6) is 1.23. The molecule has 106 valence electrons. The highest BCUT2D eigenvalue weighted by atomic mass is 16.5. The number of nitrogens with two attached hydrogens (primary N) is 1. The van der Waals surface area contributed by atoms with Gasteiger partial charge in [-0.25, -0.2) is 9.97 Å². The van der Waals surface area contributed by atoms with E-state index < -0.39 is 0 Å². The van der Waals surface area contributed by atoms with Crippen LogP contribution in [-0.4, -0.2) is 44.8 Å². The fourth-order valence-corrected chi connectivity index (χ4v) is 2.36. The van der Waals surface area contributed by atoms with Crippen LogP contribution in [0, 0.1) is 0 Å². The van der Waals surface area contributed by atoms with E-state index in [0.29, 0.717) is 17.7 Å². The molecular formula is C13H18N6O. The molecule has 0 spiro atoms. The maximum atomic E-state index is 5.70. The Bertz CT molecular complexity index is 576. The zero-order chi connectivity index (χ0) is 13.9. The number of nitrogen functional groups attached to an aromatic ring is 1. The van der Waals surface area contributed by atoms with Crippen molar-refractivity contribution >= 4 is 5.82 Å². The molecule has 0 saturated carbocycles. The third-order valence-corrected chi connectivity index (χ3v) is 3.55. The van der Waals surface area contributed by atoms with Gasteiger partial charge in [-0.1, -0.05) is 0 Å². The van der Waals surface area contributed by atoms with Gasteiger partial charge in [-0.15, -0.1) is 0 Å². The minimum absolute atomic E-state index is 0.277. The number of aromatic nitrogens is 4. The molecule has 20 heavy (non-hydrogen) atoms. The third kappa shape index (κ3) is 2.72. The van der Waals surface area contributed by atoms with Crippen molar-refractivity contribution < 1.29 is 4.74 Å². The Hall–Kier alpha value is -2.15. The second kappa shape index (κ2) is 5.46. The summed E-state index contributed by atoms with van der Waals surface area (Å²) in [7, 11) is 2.14. The molecule has 0 radical (unpaired) electrons. The second-order valence-corrected chi connectivity index (χ2v) is 5.04. The third-order valence-electron chi connectivity index (χ3n) is 3.55. The van der Waals surface area contributed by atoms with Crippen LogP contribution in [0.2, 0.25) is 0 Å². The first-order valence-corrected chi connectivity index (χ1v) is 6.69. The van der Waals surface area contributed by atoms with Crippen LogP contribution >= 0.6 is 0 Å². The maximum absolute atomic E-state index is 5.70. The standard InChI is InChI=1S/C13H18N6O/c1-18-6-2-10(3-7-18)19-9-11(8-17-19)20-13-12(14)15-4-5-16-13/h4-5,8-10H,2-3,6-7H2,1H3,(H2,14,15). The molecule has 0 bridgehead atoms. The van der Waals surface area contributed by atoms with Gasteiger partial charge in [0.25, 0.3) is 5.88 Å². The molecule has 1 fully saturated rings. The van der Waals surface area contributed by atoms with Crippen molar-refractivity contribution in [2.24, 2.45) is 0 Å². The number of rotatable bonds is 3. The normalized spacial score (nSPS) is 17.2. The lowest BCUT2D eigenvalue weighted by Gasteiger charge is -2.28. The number of hydrogen-bond acceptors (Lipinski definition) is 6.